The molecular formula is C17H16ClNO4. The van der Waals surface area contributed by atoms with Gasteiger partial charge < -0.3 is 15.2 Å². The van der Waals surface area contributed by atoms with Crippen molar-refractivity contribution in [1.82, 2.24) is 0 Å². The van der Waals surface area contributed by atoms with Crippen molar-refractivity contribution in [2.24, 2.45) is 0 Å². The van der Waals surface area contributed by atoms with Crippen LogP contribution in [0.5, 0.6) is 5.75 Å². The summed E-state index contributed by atoms with van der Waals surface area (Å²) in [6.07, 6.45) is 0. The second-order valence-corrected chi connectivity index (χ2v) is 5.46. The van der Waals surface area contributed by atoms with E-state index in [0.717, 1.165) is 5.56 Å². The molecule has 0 saturated carbocycles. The smallest absolute Gasteiger partial charge is 0.339 e. The third-order valence-electron chi connectivity index (χ3n) is 3.25. The molecule has 5 nitrogen and oxygen atoms in total. The van der Waals surface area contributed by atoms with E-state index in [0.29, 0.717) is 16.3 Å². The van der Waals surface area contributed by atoms with Crippen molar-refractivity contribution in [3.05, 3.63) is 58.1 Å². The van der Waals surface area contributed by atoms with Gasteiger partial charge in [-0.15, -0.1) is 0 Å². The highest BCUT2D eigenvalue weighted by atomic mass is 35.5. The van der Waals surface area contributed by atoms with E-state index in [1.165, 1.54) is 6.07 Å². The fraction of sp³-hybridized carbons (Fsp3) is 0.176. The predicted octanol–water partition coefficient (Wildman–Crippen LogP) is 3.67. The van der Waals surface area contributed by atoms with Crippen LogP contribution < -0.4 is 10.1 Å². The number of carbonyl (C=O) groups excluding carboxylic acids is 1. The molecule has 0 unspecified atom stereocenters. The molecule has 0 aliphatic rings. The zero-order valence-electron chi connectivity index (χ0n) is 12.7. The Balaban J connectivity index is 2.05. The van der Waals surface area contributed by atoms with E-state index < -0.39 is 11.9 Å². The van der Waals surface area contributed by atoms with Crippen molar-refractivity contribution >= 4 is 29.2 Å². The molecule has 0 spiro atoms. The molecule has 2 rings (SSSR count). The first kappa shape index (κ1) is 16.8. The number of aromatic carboxylic acids is 1. The summed E-state index contributed by atoms with van der Waals surface area (Å²) < 4.78 is 5.39. The summed E-state index contributed by atoms with van der Waals surface area (Å²) in [4.78, 5) is 23.1. The number of aryl methyl sites for hydroxylation is 2. The lowest BCUT2D eigenvalue weighted by Crippen LogP contribution is -2.21. The minimum absolute atomic E-state index is 0.0242. The zero-order valence-corrected chi connectivity index (χ0v) is 13.5. The van der Waals surface area contributed by atoms with Gasteiger partial charge in [0.1, 0.15) is 11.3 Å². The van der Waals surface area contributed by atoms with Crippen LogP contribution in [0.3, 0.4) is 0 Å². The molecule has 0 saturated heterocycles. The minimum Gasteiger partial charge on any atom is -0.483 e. The Morgan fingerprint density at radius 1 is 1.17 bits per heavy atom. The number of ether oxygens (including phenoxy) is 1. The average molecular weight is 334 g/mol. The van der Waals surface area contributed by atoms with Gasteiger partial charge in [0.15, 0.2) is 6.61 Å². The van der Waals surface area contributed by atoms with Gasteiger partial charge in [-0.05, 0) is 43.2 Å². The number of carboxylic acid groups (broad SMARTS) is 1. The number of hydrogen-bond donors (Lipinski definition) is 2. The summed E-state index contributed by atoms with van der Waals surface area (Å²) in [5, 5.41) is 12.4. The summed E-state index contributed by atoms with van der Waals surface area (Å²) >= 11 is 6.00. The normalized spacial score (nSPS) is 10.2. The molecule has 2 N–H and O–H groups in total. The van der Waals surface area contributed by atoms with E-state index >= 15 is 0 Å². The average Bonchev–Trinajstić information content (AvgIpc) is 2.49. The van der Waals surface area contributed by atoms with Gasteiger partial charge in [0.05, 0.1) is 0 Å². The number of para-hydroxylation sites is 1. The SMILES string of the molecule is Cc1ccc(NC(=O)COc2c(C)cccc2C(=O)O)cc1Cl. The Hall–Kier alpha value is -2.53. The van der Waals surface area contributed by atoms with Crippen LogP contribution in [0.4, 0.5) is 5.69 Å². The number of halogens is 1. The lowest BCUT2D eigenvalue weighted by atomic mass is 10.1. The highest BCUT2D eigenvalue weighted by Gasteiger charge is 2.14. The van der Waals surface area contributed by atoms with E-state index in [-0.39, 0.29) is 17.9 Å². The quantitative estimate of drug-likeness (QED) is 0.875. The Bertz CT molecular complexity index is 758. The van der Waals surface area contributed by atoms with E-state index in [2.05, 4.69) is 5.32 Å². The first-order valence-corrected chi connectivity index (χ1v) is 7.28. The van der Waals surface area contributed by atoms with Gasteiger partial charge in [0, 0.05) is 10.7 Å². The molecule has 23 heavy (non-hydrogen) atoms. The number of carbonyl (C=O) groups is 2. The molecule has 0 fully saturated rings. The maximum atomic E-state index is 11.9. The topological polar surface area (TPSA) is 75.6 Å². The molecule has 1 amide bonds. The molecule has 0 heterocycles. The van der Waals surface area contributed by atoms with Crippen molar-refractivity contribution in [1.29, 1.82) is 0 Å². The maximum Gasteiger partial charge on any atom is 0.339 e. The van der Waals surface area contributed by atoms with Crippen molar-refractivity contribution in [2.45, 2.75) is 13.8 Å². The summed E-state index contributed by atoms with van der Waals surface area (Å²) in [5.41, 5.74) is 2.14. The summed E-state index contributed by atoms with van der Waals surface area (Å²) in [7, 11) is 0. The van der Waals surface area contributed by atoms with Crippen LogP contribution in [-0.4, -0.2) is 23.6 Å². The molecule has 2 aromatic carbocycles. The van der Waals surface area contributed by atoms with Crippen molar-refractivity contribution in [3.8, 4) is 5.75 Å². The molecule has 0 atom stereocenters. The molecule has 2 aromatic rings. The number of amides is 1. The van der Waals surface area contributed by atoms with Gasteiger partial charge in [0.2, 0.25) is 0 Å². The van der Waals surface area contributed by atoms with Gasteiger partial charge in [-0.3, -0.25) is 4.79 Å². The third kappa shape index (κ3) is 4.23. The number of anilines is 1. The summed E-state index contributed by atoms with van der Waals surface area (Å²) in [5.74, 6) is -1.31. The minimum atomic E-state index is -1.10. The van der Waals surface area contributed by atoms with Crippen LogP contribution in [-0.2, 0) is 4.79 Å². The second kappa shape index (κ2) is 7.15. The zero-order chi connectivity index (χ0) is 17.0. The van der Waals surface area contributed by atoms with E-state index in [9.17, 15) is 9.59 Å². The van der Waals surface area contributed by atoms with Gasteiger partial charge in [0.25, 0.3) is 5.91 Å². The number of hydrogen-bond acceptors (Lipinski definition) is 3. The standard InChI is InChI=1S/C17H16ClNO4/c1-10-6-7-12(8-14(10)18)19-15(20)9-23-16-11(2)4-3-5-13(16)17(21)22/h3-8H,9H2,1-2H3,(H,19,20)(H,21,22). The highest BCUT2D eigenvalue weighted by Crippen LogP contribution is 2.24. The molecule has 120 valence electrons. The number of nitrogens with one attached hydrogen (secondary N) is 1. The molecule has 0 aliphatic heterocycles. The predicted molar refractivity (Wildman–Crippen MR) is 88.5 cm³/mol. The van der Waals surface area contributed by atoms with Crippen LogP contribution in [0.2, 0.25) is 5.02 Å². The highest BCUT2D eigenvalue weighted by molar-refractivity contribution is 6.31. The van der Waals surface area contributed by atoms with Crippen LogP contribution in [0.25, 0.3) is 0 Å². The van der Waals surface area contributed by atoms with Crippen molar-refractivity contribution < 1.29 is 19.4 Å². The van der Waals surface area contributed by atoms with Crippen LogP contribution in [0.15, 0.2) is 36.4 Å². The van der Waals surface area contributed by atoms with E-state index in [1.807, 2.05) is 6.92 Å². The van der Waals surface area contributed by atoms with Gasteiger partial charge in [-0.1, -0.05) is 29.8 Å². The van der Waals surface area contributed by atoms with E-state index in [4.69, 9.17) is 21.4 Å². The summed E-state index contributed by atoms with van der Waals surface area (Å²) in [6, 6.07) is 9.95. The van der Waals surface area contributed by atoms with Crippen LogP contribution >= 0.6 is 11.6 Å². The van der Waals surface area contributed by atoms with Crippen LogP contribution in [0, 0.1) is 13.8 Å². The molecular weight excluding hydrogens is 318 g/mol. The Morgan fingerprint density at radius 3 is 2.57 bits per heavy atom. The molecule has 0 radical (unpaired) electrons. The molecule has 0 bridgehead atoms. The number of benzene rings is 2. The van der Waals surface area contributed by atoms with Crippen molar-refractivity contribution in [3.63, 3.8) is 0 Å². The first-order valence-electron chi connectivity index (χ1n) is 6.90. The Morgan fingerprint density at radius 2 is 1.91 bits per heavy atom. The maximum absolute atomic E-state index is 11.9. The van der Waals surface area contributed by atoms with Gasteiger partial charge in [-0.2, -0.15) is 0 Å². The Labute approximate surface area is 138 Å². The second-order valence-electron chi connectivity index (χ2n) is 5.06. The number of carboxylic acids is 1. The van der Waals surface area contributed by atoms with E-state index in [1.54, 1.807) is 37.3 Å². The van der Waals surface area contributed by atoms with Crippen LogP contribution in [0.1, 0.15) is 21.5 Å². The fourth-order valence-electron chi connectivity index (χ4n) is 2.02. The summed E-state index contributed by atoms with van der Waals surface area (Å²) in [6.45, 7) is 3.29. The lowest BCUT2D eigenvalue weighted by Gasteiger charge is -2.12. The lowest BCUT2D eigenvalue weighted by molar-refractivity contribution is -0.118. The molecule has 0 aromatic heterocycles. The van der Waals surface area contributed by atoms with Gasteiger partial charge in [-0.25, -0.2) is 4.79 Å². The third-order valence-corrected chi connectivity index (χ3v) is 3.65. The molecule has 0 aliphatic carbocycles. The number of rotatable bonds is 5. The largest absolute Gasteiger partial charge is 0.483 e. The van der Waals surface area contributed by atoms with Gasteiger partial charge >= 0.3 is 5.97 Å². The first-order chi connectivity index (χ1) is 10.9. The van der Waals surface area contributed by atoms with Crippen molar-refractivity contribution in [2.75, 3.05) is 11.9 Å². The molecule has 6 heteroatoms. The fourth-order valence-corrected chi connectivity index (χ4v) is 2.20. The Kier molecular flexibility index (Phi) is 5.24. The monoisotopic (exact) mass is 333 g/mol.